The van der Waals surface area contributed by atoms with Crippen LogP contribution in [0.3, 0.4) is 0 Å². The second kappa shape index (κ2) is 11.4. The summed E-state index contributed by atoms with van der Waals surface area (Å²) in [5, 5.41) is 8.39. The van der Waals surface area contributed by atoms with E-state index in [2.05, 4.69) is 142 Å². The average Bonchev–Trinajstić information content (AvgIpc) is 3.70. The molecule has 1 N–H and O–H groups in total. The molecule has 0 fully saturated rings. The monoisotopic (exact) mass is 642 g/mol. The number of nitrogens with one attached hydrogen (secondary N) is 1. The molecule has 0 saturated heterocycles. The Balaban J connectivity index is 1.15. The quantitative estimate of drug-likeness (QED) is 0.203. The zero-order chi connectivity index (χ0) is 33.0. The Morgan fingerprint density at radius 1 is 0.480 bits per heavy atom. The van der Waals surface area contributed by atoms with Crippen molar-refractivity contribution in [3.63, 3.8) is 0 Å². The summed E-state index contributed by atoms with van der Waals surface area (Å²) in [5.41, 5.74) is 8.63. The van der Waals surface area contributed by atoms with E-state index < -0.39 is 0 Å². The smallest absolute Gasteiger partial charge is 0.160 e. The Morgan fingerprint density at radius 2 is 1.08 bits per heavy atom. The highest BCUT2D eigenvalue weighted by Gasteiger charge is 2.22. The van der Waals surface area contributed by atoms with Crippen LogP contribution < -0.4 is 5.32 Å². The van der Waals surface area contributed by atoms with Gasteiger partial charge in [0.2, 0.25) is 0 Å². The van der Waals surface area contributed by atoms with Crippen molar-refractivity contribution in [1.82, 2.24) is 19.4 Å². The molecule has 6 aromatic carbocycles. The molecule has 1 atom stereocenters. The van der Waals surface area contributed by atoms with Crippen LogP contribution >= 0.6 is 0 Å². The highest BCUT2D eigenvalue weighted by atomic mass is 15.2. The fraction of sp³-hybridized carbons (Fsp3) is 0.0227. The predicted octanol–water partition coefficient (Wildman–Crippen LogP) is 9.77. The largest absolute Gasteiger partial charge is 0.344 e. The summed E-state index contributed by atoms with van der Waals surface area (Å²) in [6, 6.07) is 57.2. The number of fused-ring (bicyclic) bond motifs is 6. The number of para-hydroxylation sites is 3. The Hall–Kier alpha value is -6.79. The number of benzene rings is 6. The lowest BCUT2D eigenvalue weighted by molar-refractivity contribution is 0.674. The maximum Gasteiger partial charge on any atom is 0.160 e. The molecule has 4 heterocycles. The van der Waals surface area contributed by atoms with E-state index in [1.54, 1.807) is 0 Å². The molecule has 236 valence electrons. The van der Waals surface area contributed by atoms with Gasteiger partial charge in [-0.3, -0.25) is 4.57 Å². The summed E-state index contributed by atoms with van der Waals surface area (Å²) in [7, 11) is 0. The highest BCUT2D eigenvalue weighted by molar-refractivity contribution is 6.19. The van der Waals surface area contributed by atoms with Gasteiger partial charge < -0.3 is 9.88 Å². The molecule has 0 saturated carbocycles. The minimum Gasteiger partial charge on any atom is -0.344 e. The molecule has 3 aromatic heterocycles. The highest BCUT2D eigenvalue weighted by Crippen LogP contribution is 2.39. The van der Waals surface area contributed by atoms with E-state index in [0.717, 1.165) is 50.6 Å². The summed E-state index contributed by atoms with van der Waals surface area (Å²) in [6.07, 6.45) is 1.63. The van der Waals surface area contributed by atoms with Gasteiger partial charge in [0.15, 0.2) is 5.84 Å². The van der Waals surface area contributed by atoms with E-state index in [9.17, 15) is 0 Å². The number of aromatic nitrogens is 3. The first-order chi connectivity index (χ1) is 24.8. The van der Waals surface area contributed by atoms with Gasteiger partial charge in [0.05, 0.1) is 22.1 Å². The molecule has 0 amide bonds. The van der Waals surface area contributed by atoms with Crippen LogP contribution in [0.15, 0.2) is 180 Å². The van der Waals surface area contributed by atoms with E-state index in [4.69, 9.17) is 15.0 Å². The fourth-order valence-corrected chi connectivity index (χ4v) is 7.31. The molecular formula is C44H30N6. The molecule has 0 radical (unpaired) electrons. The topological polar surface area (TPSA) is 59.5 Å². The fourth-order valence-electron chi connectivity index (χ4n) is 7.31. The van der Waals surface area contributed by atoms with Gasteiger partial charge in [0.25, 0.3) is 0 Å². The molecule has 1 aliphatic heterocycles. The summed E-state index contributed by atoms with van der Waals surface area (Å²) in [4.78, 5) is 15.1. The van der Waals surface area contributed by atoms with Crippen molar-refractivity contribution in [3.05, 3.63) is 187 Å². The predicted molar refractivity (Wildman–Crippen MR) is 205 cm³/mol. The van der Waals surface area contributed by atoms with Gasteiger partial charge in [-0.25, -0.2) is 15.0 Å². The van der Waals surface area contributed by atoms with Crippen LogP contribution in [0.5, 0.6) is 0 Å². The van der Waals surface area contributed by atoms with Crippen LogP contribution in [-0.4, -0.2) is 25.8 Å². The maximum atomic E-state index is 5.08. The molecule has 1 unspecified atom stereocenters. The summed E-state index contributed by atoms with van der Waals surface area (Å²) in [6.45, 7) is 0. The first-order valence-corrected chi connectivity index (χ1v) is 16.8. The molecule has 1 aliphatic rings. The van der Waals surface area contributed by atoms with E-state index in [-0.39, 0.29) is 6.17 Å². The zero-order valence-corrected chi connectivity index (χ0v) is 27.0. The number of nitrogens with zero attached hydrogens (tertiary/aromatic N) is 5. The van der Waals surface area contributed by atoms with Crippen molar-refractivity contribution in [2.24, 2.45) is 9.98 Å². The number of rotatable bonds is 5. The van der Waals surface area contributed by atoms with E-state index in [1.165, 1.54) is 27.1 Å². The van der Waals surface area contributed by atoms with Gasteiger partial charge in [0, 0.05) is 44.6 Å². The van der Waals surface area contributed by atoms with E-state index in [1.807, 2.05) is 42.6 Å². The number of aliphatic imine (C=N–C) groups is 2. The molecule has 0 aliphatic carbocycles. The van der Waals surface area contributed by atoms with Crippen LogP contribution in [0.1, 0.15) is 22.9 Å². The van der Waals surface area contributed by atoms with E-state index in [0.29, 0.717) is 5.84 Å². The van der Waals surface area contributed by atoms with Gasteiger partial charge in [-0.15, -0.1) is 0 Å². The summed E-state index contributed by atoms with van der Waals surface area (Å²) >= 11 is 0. The first-order valence-electron chi connectivity index (χ1n) is 16.8. The third-order valence-electron chi connectivity index (χ3n) is 9.62. The first kappa shape index (κ1) is 28.2. The van der Waals surface area contributed by atoms with Crippen molar-refractivity contribution in [2.45, 2.75) is 6.17 Å². The van der Waals surface area contributed by atoms with Gasteiger partial charge in [-0.2, -0.15) is 0 Å². The van der Waals surface area contributed by atoms with Crippen LogP contribution in [-0.2, 0) is 0 Å². The molecule has 9 aromatic rings. The summed E-state index contributed by atoms with van der Waals surface area (Å²) in [5.74, 6) is 2.27. The Labute approximate surface area is 288 Å². The maximum absolute atomic E-state index is 5.08. The number of hydrogen-bond acceptors (Lipinski definition) is 4. The van der Waals surface area contributed by atoms with Gasteiger partial charge in [0.1, 0.15) is 17.8 Å². The lowest BCUT2D eigenvalue weighted by atomic mass is 10.1. The molecule has 10 rings (SSSR count). The van der Waals surface area contributed by atoms with Gasteiger partial charge in [-0.1, -0.05) is 115 Å². The minimum atomic E-state index is -0.269. The van der Waals surface area contributed by atoms with Gasteiger partial charge >= 0.3 is 0 Å². The third-order valence-corrected chi connectivity index (χ3v) is 9.62. The van der Waals surface area contributed by atoms with Crippen molar-refractivity contribution in [2.75, 3.05) is 0 Å². The van der Waals surface area contributed by atoms with Crippen molar-refractivity contribution in [3.8, 4) is 11.5 Å². The Kier molecular flexibility index (Phi) is 6.45. The van der Waals surface area contributed by atoms with Crippen molar-refractivity contribution >= 4 is 55.3 Å². The standard InChI is InChI=1S/C44H30N6/c1-4-14-29(15-5-1)42-46-43(30-16-6-2-7-17-30)48-44(47-42)31-24-25-41(45-28-31)50-38-23-13-11-21-34(38)36-26-35-33-20-10-12-22-37(33)49(39(35)27-40(36)50)32-18-8-3-9-19-32/h1-28,42H,(H,46,47,48). The molecule has 0 spiro atoms. The van der Waals surface area contributed by atoms with Crippen molar-refractivity contribution in [1.29, 1.82) is 0 Å². The second-order valence-electron chi connectivity index (χ2n) is 12.6. The van der Waals surface area contributed by atoms with Crippen LogP contribution in [0.25, 0.3) is 55.1 Å². The molecule has 0 bridgehead atoms. The lowest BCUT2D eigenvalue weighted by Gasteiger charge is -2.23. The number of hydrogen-bond donors (Lipinski definition) is 1. The molecular weight excluding hydrogens is 613 g/mol. The summed E-state index contributed by atoms with van der Waals surface area (Å²) < 4.78 is 4.64. The van der Waals surface area contributed by atoms with E-state index >= 15 is 0 Å². The van der Waals surface area contributed by atoms with Crippen LogP contribution in [0.4, 0.5) is 0 Å². The van der Waals surface area contributed by atoms with Crippen LogP contribution in [0.2, 0.25) is 0 Å². The average molecular weight is 643 g/mol. The Morgan fingerprint density at radius 3 is 1.76 bits per heavy atom. The lowest BCUT2D eigenvalue weighted by Crippen LogP contribution is -2.33. The van der Waals surface area contributed by atoms with Crippen LogP contribution in [0, 0.1) is 0 Å². The minimum absolute atomic E-state index is 0.269. The molecule has 6 heteroatoms. The zero-order valence-electron chi connectivity index (χ0n) is 27.0. The molecule has 50 heavy (non-hydrogen) atoms. The van der Waals surface area contributed by atoms with Crippen molar-refractivity contribution < 1.29 is 0 Å². The third kappa shape index (κ3) is 4.54. The number of amidine groups is 2. The normalized spacial score (nSPS) is 14.6. The second-order valence-corrected chi connectivity index (χ2v) is 12.6. The van der Waals surface area contributed by atoms with Gasteiger partial charge in [-0.05, 0) is 54.1 Å². The number of pyridine rings is 1. The molecule has 6 nitrogen and oxygen atoms in total. The SMILES string of the molecule is c1ccc(C2=NC(c3ccc(-n4c5ccccc5c5cc6c7ccccc7n(-c7ccccc7)c6cc54)nc3)=NC(c3ccccc3)N2)cc1. The Bertz CT molecular complexity index is 2760.